The van der Waals surface area contributed by atoms with Crippen LogP contribution in [0.2, 0.25) is 0 Å². The summed E-state index contributed by atoms with van der Waals surface area (Å²) in [5.74, 6) is -0.496. The van der Waals surface area contributed by atoms with Gasteiger partial charge in [-0.25, -0.2) is 13.2 Å². The molecule has 1 fully saturated rings. The first-order valence-corrected chi connectivity index (χ1v) is 9.62. The summed E-state index contributed by atoms with van der Waals surface area (Å²) in [4.78, 5) is 11.1. The number of hydrogen-bond donors (Lipinski definition) is 1. The van der Waals surface area contributed by atoms with Gasteiger partial charge in [-0.1, -0.05) is 5.21 Å². The molecule has 0 amide bonds. The van der Waals surface area contributed by atoms with Crippen molar-refractivity contribution in [3.63, 3.8) is 0 Å². The van der Waals surface area contributed by atoms with E-state index in [9.17, 15) is 13.2 Å². The van der Waals surface area contributed by atoms with Crippen molar-refractivity contribution in [1.82, 2.24) is 19.3 Å². The molecule has 9 nitrogen and oxygen atoms in total. The topological polar surface area (TPSA) is 115 Å². The Kier molecular flexibility index (Phi) is 5.23. The first kappa shape index (κ1) is 18.3. The Hall–Kier alpha value is -2.46. The minimum absolute atomic E-state index is 0.0418. The van der Waals surface area contributed by atoms with Crippen molar-refractivity contribution in [3.05, 3.63) is 36.2 Å². The molecule has 140 valence electrons. The minimum atomic E-state index is -3.58. The van der Waals surface area contributed by atoms with E-state index in [1.54, 1.807) is 12.1 Å². The van der Waals surface area contributed by atoms with Crippen molar-refractivity contribution < 1.29 is 23.1 Å². The molecule has 0 bridgehead atoms. The lowest BCUT2D eigenvalue weighted by atomic mass is 10.00. The van der Waals surface area contributed by atoms with Crippen molar-refractivity contribution in [2.45, 2.75) is 24.3 Å². The van der Waals surface area contributed by atoms with E-state index in [0.717, 1.165) is 12.8 Å². The molecule has 0 unspecified atom stereocenters. The maximum absolute atomic E-state index is 12.9. The second-order valence-corrected chi connectivity index (χ2v) is 8.12. The van der Waals surface area contributed by atoms with Crippen LogP contribution in [0.4, 0.5) is 0 Å². The van der Waals surface area contributed by atoms with Crippen molar-refractivity contribution in [3.8, 4) is 5.75 Å². The zero-order valence-electron chi connectivity index (χ0n) is 14.3. The van der Waals surface area contributed by atoms with E-state index < -0.39 is 16.0 Å². The van der Waals surface area contributed by atoms with Crippen LogP contribution in [0.25, 0.3) is 0 Å². The molecule has 0 aliphatic carbocycles. The van der Waals surface area contributed by atoms with Crippen molar-refractivity contribution >= 4 is 16.0 Å². The van der Waals surface area contributed by atoms with Crippen LogP contribution in [0.5, 0.6) is 5.75 Å². The van der Waals surface area contributed by atoms with E-state index >= 15 is 0 Å². The van der Waals surface area contributed by atoms with Gasteiger partial charge in [-0.05, 0) is 43.0 Å². The predicted octanol–water partition coefficient (Wildman–Crippen LogP) is 1.09. The Morgan fingerprint density at radius 2 is 2.08 bits per heavy atom. The maximum Gasteiger partial charge on any atom is 0.358 e. The van der Waals surface area contributed by atoms with Gasteiger partial charge in [0.25, 0.3) is 0 Å². The molecule has 1 aromatic carbocycles. The molecule has 2 aromatic rings. The van der Waals surface area contributed by atoms with Gasteiger partial charge >= 0.3 is 5.97 Å². The van der Waals surface area contributed by atoms with E-state index in [1.807, 2.05) is 0 Å². The summed E-state index contributed by atoms with van der Waals surface area (Å²) in [6, 6.07) is 6.32. The third-order valence-electron chi connectivity index (χ3n) is 4.38. The highest BCUT2D eigenvalue weighted by Crippen LogP contribution is 2.25. The Bertz CT molecular complexity index is 878. The Balaban J connectivity index is 1.71. The number of aromatic nitrogens is 3. The average molecular weight is 380 g/mol. The molecule has 0 saturated carbocycles. The van der Waals surface area contributed by atoms with E-state index in [0.29, 0.717) is 25.4 Å². The number of aromatic carboxylic acids is 1. The number of carboxylic acid groups (broad SMARTS) is 1. The number of rotatable bonds is 6. The number of ether oxygens (including phenoxy) is 1. The number of hydrogen-bond acceptors (Lipinski definition) is 6. The summed E-state index contributed by atoms with van der Waals surface area (Å²) >= 11 is 0. The summed E-state index contributed by atoms with van der Waals surface area (Å²) in [6.07, 6.45) is 2.94. The van der Waals surface area contributed by atoms with Gasteiger partial charge in [0.2, 0.25) is 10.0 Å². The zero-order valence-corrected chi connectivity index (χ0v) is 15.1. The number of nitrogens with zero attached hydrogens (tertiary/aromatic N) is 4. The van der Waals surface area contributed by atoms with Crippen LogP contribution in [0.15, 0.2) is 35.4 Å². The maximum atomic E-state index is 12.9. The van der Waals surface area contributed by atoms with Crippen LogP contribution in [-0.4, -0.2) is 59.0 Å². The van der Waals surface area contributed by atoms with Crippen molar-refractivity contribution in [2.24, 2.45) is 5.92 Å². The van der Waals surface area contributed by atoms with E-state index in [-0.39, 0.29) is 16.5 Å². The van der Waals surface area contributed by atoms with Gasteiger partial charge < -0.3 is 9.84 Å². The summed E-state index contributed by atoms with van der Waals surface area (Å²) in [5.41, 5.74) is -0.122. The highest BCUT2D eigenvalue weighted by atomic mass is 32.2. The normalized spacial score (nSPS) is 18.6. The van der Waals surface area contributed by atoms with Gasteiger partial charge in [-0.2, -0.15) is 4.31 Å². The monoisotopic (exact) mass is 380 g/mol. The lowest BCUT2D eigenvalue weighted by Crippen LogP contribution is -2.41. The number of methoxy groups -OCH3 is 1. The highest BCUT2D eigenvalue weighted by Gasteiger charge is 2.30. The first-order valence-electron chi connectivity index (χ1n) is 8.18. The van der Waals surface area contributed by atoms with Crippen LogP contribution < -0.4 is 4.74 Å². The number of carbonyl (C=O) groups is 1. The third kappa shape index (κ3) is 3.86. The largest absolute Gasteiger partial charge is 0.497 e. The van der Waals surface area contributed by atoms with Crippen LogP contribution in [0, 0.1) is 5.92 Å². The SMILES string of the molecule is COc1ccc(S(=O)(=O)N2CCC[C@H](Cn3cc(C(=O)O)nn3)C2)cc1. The highest BCUT2D eigenvalue weighted by molar-refractivity contribution is 7.89. The fourth-order valence-electron chi connectivity index (χ4n) is 3.04. The van der Waals surface area contributed by atoms with Gasteiger partial charge in [-0.3, -0.25) is 4.68 Å². The van der Waals surface area contributed by atoms with E-state index in [4.69, 9.17) is 9.84 Å². The molecule has 3 rings (SSSR count). The Morgan fingerprint density at radius 1 is 1.35 bits per heavy atom. The second kappa shape index (κ2) is 7.42. The Labute approximate surface area is 151 Å². The molecule has 10 heteroatoms. The molecule has 1 saturated heterocycles. The Morgan fingerprint density at radius 3 is 2.69 bits per heavy atom. The molecule has 1 aliphatic rings. The molecule has 1 atom stereocenters. The fraction of sp³-hybridized carbons (Fsp3) is 0.438. The van der Waals surface area contributed by atoms with E-state index in [2.05, 4.69) is 10.3 Å². The molecule has 2 heterocycles. The number of carboxylic acids is 1. The second-order valence-electron chi connectivity index (χ2n) is 6.18. The molecular formula is C16H20N4O5S. The number of sulfonamides is 1. The zero-order chi connectivity index (χ0) is 18.7. The number of benzene rings is 1. The molecule has 0 spiro atoms. The molecular weight excluding hydrogens is 360 g/mol. The lowest BCUT2D eigenvalue weighted by molar-refractivity contribution is 0.0690. The average Bonchev–Trinajstić information content (AvgIpc) is 3.11. The van der Waals surface area contributed by atoms with Gasteiger partial charge in [-0.15, -0.1) is 5.10 Å². The van der Waals surface area contributed by atoms with Gasteiger partial charge in [0.1, 0.15) is 5.75 Å². The van der Waals surface area contributed by atoms with Crippen molar-refractivity contribution in [1.29, 1.82) is 0 Å². The quantitative estimate of drug-likeness (QED) is 0.797. The smallest absolute Gasteiger partial charge is 0.358 e. The molecule has 0 radical (unpaired) electrons. The van der Waals surface area contributed by atoms with Gasteiger partial charge in [0.15, 0.2) is 5.69 Å². The molecule has 1 N–H and O–H groups in total. The van der Waals surface area contributed by atoms with E-state index in [1.165, 1.54) is 34.4 Å². The molecule has 1 aliphatic heterocycles. The third-order valence-corrected chi connectivity index (χ3v) is 6.26. The standard InChI is InChI=1S/C16H20N4O5S/c1-25-13-4-6-14(7-5-13)26(23,24)20-8-2-3-12(10-20)9-19-11-15(16(21)22)17-18-19/h4-7,11-12H,2-3,8-10H2,1H3,(H,21,22)/t12-/m1/s1. The van der Waals surface area contributed by atoms with Crippen LogP contribution >= 0.6 is 0 Å². The van der Waals surface area contributed by atoms with Crippen LogP contribution in [0.1, 0.15) is 23.3 Å². The summed E-state index contributed by atoms with van der Waals surface area (Å²) in [6.45, 7) is 1.24. The summed E-state index contributed by atoms with van der Waals surface area (Å²) in [7, 11) is -2.06. The summed E-state index contributed by atoms with van der Waals surface area (Å²) < 4.78 is 33.7. The van der Waals surface area contributed by atoms with Crippen LogP contribution in [0.3, 0.4) is 0 Å². The molecule has 1 aromatic heterocycles. The number of piperidine rings is 1. The lowest BCUT2D eigenvalue weighted by Gasteiger charge is -2.31. The van der Waals surface area contributed by atoms with Crippen molar-refractivity contribution in [2.75, 3.05) is 20.2 Å². The minimum Gasteiger partial charge on any atom is -0.497 e. The first-order chi connectivity index (χ1) is 12.4. The van der Waals surface area contributed by atoms with Crippen LogP contribution in [-0.2, 0) is 16.6 Å². The van der Waals surface area contributed by atoms with Gasteiger partial charge in [0.05, 0.1) is 18.2 Å². The predicted molar refractivity (Wildman–Crippen MR) is 91.5 cm³/mol. The fourth-order valence-corrected chi connectivity index (χ4v) is 4.60. The summed E-state index contributed by atoms with van der Waals surface area (Å²) in [5, 5.41) is 16.3. The molecule has 26 heavy (non-hydrogen) atoms. The van der Waals surface area contributed by atoms with Gasteiger partial charge in [0, 0.05) is 19.6 Å².